The fraction of sp³-hybridized carbons (Fsp3) is 0.750. The number of rotatable bonds is 1. The predicted octanol–water partition coefficient (Wildman–Crippen LogP) is 1.20. The molecule has 0 atom stereocenters. The van der Waals surface area contributed by atoms with Crippen molar-refractivity contribution in [1.82, 2.24) is 0 Å². The van der Waals surface area contributed by atoms with Gasteiger partial charge >= 0.3 is 0 Å². The van der Waals surface area contributed by atoms with Gasteiger partial charge in [-0.3, -0.25) is 0 Å². The molecule has 0 aliphatic carbocycles. The van der Waals surface area contributed by atoms with E-state index in [4.69, 9.17) is 0 Å². The Morgan fingerprint density at radius 2 is 1.50 bits per heavy atom. The molecule has 0 aromatic carbocycles. The minimum Gasteiger partial charge on any atom is -0.552 e. The van der Waals surface area contributed by atoms with Crippen molar-refractivity contribution in [2.45, 2.75) is 13.8 Å². The first-order valence-electron chi connectivity index (χ1n) is 1.61. The van der Waals surface area contributed by atoms with Gasteiger partial charge in [-0.25, -0.2) is 6.10 Å². The Hall–Kier alpha value is -1.04. The normalized spacial score (nSPS) is 8.00. The van der Waals surface area contributed by atoms with Gasteiger partial charge < -0.3 is 4.74 Å². The van der Waals surface area contributed by atoms with E-state index >= 15 is 0 Å². The molecule has 2 heteroatoms. The third-order valence-corrected chi connectivity index (χ3v) is 0.408. The van der Waals surface area contributed by atoms with Crippen molar-refractivity contribution in [3.8, 4) is 0 Å². The van der Waals surface area contributed by atoms with Gasteiger partial charge in [0, 0.05) is 0 Å². The van der Waals surface area contributed by atoms with Gasteiger partial charge in [0.05, 0.1) is 0 Å². The number of ether oxygens (including phenoxy) is 1. The second-order valence-electron chi connectivity index (χ2n) is 1.11. The largest absolute Gasteiger partial charge is 0.552 e. The van der Waals surface area contributed by atoms with E-state index in [1.54, 1.807) is 7.11 Å². The third-order valence-electron chi connectivity index (χ3n) is 0.408. The van der Waals surface area contributed by atoms with Crippen molar-refractivity contribution < 1.29 is 4.74 Å². The maximum atomic E-state index is 4.67. The average Bonchev–Trinajstić information content (AvgIpc) is 1.38. The molecule has 0 amide bonds. The number of hydrogen-bond donors (Lipinski definition) is 0. The van der Waals surface area contributed by atoms with Gasteiger partial charge in [0.15, 0.2) is 0 Å². The summed E-state index contributed by atoms with van der Waals surface area (Å²) in [7, 11) is 1.66. The van der Waals surface area contributed by atoms with Crippen LogP contribution in [0.15, 0.2) is 0 Å². The van der Waals surface area contributed by atoms with Crippen molar-refractivity contribution in [2.75, 3.05) is 7.11 Å². The van der Waals surface area contributed by atoms with E-state index in [9.17, 15) is 0 Å². The van der Waals surface area contributed by atoms with E-state index in [0.717, 1.165) is 6.10 Å². The maximum absolute atomic E-state index is 4.67. The molecule has 0 aromatic rings. The smallest absolute Gasteiger partial charge is 0 e. The molecule has 6 heavy (non-hydrogen) atoms. The number of methoxy groups -OCH3 is 1. The molecule has 0 saturated carbocycles. The van der Waals surface area contributed by atoms with Crippen molar-refractivity contribution in [2.24, 2.45) is 0 Å². The van der Waals surface area contributed by atoms with Crippen molar-refractivity contribution in [3.63, 3.8) is 0 Å². The topological polar surface area (TPSA) is 9.23 Å². The average molecular weight is 340 g/mol. The van der Waals surface area contributed by atoms with E-state index in [-0.39, 0.29) is 0 Å². The molecule has 0 N–H and O–H groups in total. The third kappa shape index (κ3) is 12.3. The van der Waals surface area contributed by atoms with Crippen molar-refractivity contribution >= 4 is 0 Å². The molecule has 0 rings (SSSR count). The molecular weight excluding hydrogens is 331 g/mol. The van der Waals surface area contributed by atoms with Crippen LogP contribution in [0.2, 0.25) is 0 Å². The Labute approximate surface area is 32.9 Å². The first kappa shape index (κ1) is 8.88. The van der Waals surface area contributed by atoms with E-state index < -0.39 is 0 Å². The van der Waals surface area contributed by atoms with Gasteiger partial charge in [-0.15, -0.1) is 0 Å². The van der Waals surface area contributed by atoms with Gasteiger partial charge in [0.1, 0.15) is 0 Å². The summed E-state index contributed by atoms with van der Waals surface area (Å²) in [6, 6.07) is 0. The molecule has 0 fully saturated rings. The first-order chi connectivity index (χ1) is 2.27. The van der Waals surface area contributed by atoms with Crippen LogP contribution in [0, 0.1) is 6.10 Å². The zero-order valence-corrected chi connectivity index (χ0v) is 11.0. The molecule has 0 saturated heterocycles. The van der Waals surface area contributed by atoms with Crippen LogP contribution >= 0.6 is 0 Å². The van der Waals surface area contributed by atoms with Gasteiger partial charge in [0.2, 0.25) is 0 Å². The Kier molecular flexibility index (Phi) is 5.86. The second kappa shape index (κ2) is 3.96. The molecule has 0 bridgehead atoms. The minimum absolute atomic E-state index is 0. The quantitative estimate of drug-likeness (QED) is 0.652. The molecule has 0 aliphatic rings. The van der Waals surface area contributed by atoms with Crippen LogP contribution in [0.25, 0.3) is 0 Å². The van der Waals surface area contributed by atoms with Gasteiger partial charge in [-0.2, -0.15) is 13.8 Å². The molecule has 0 spiro atoms. The van der Waals surface area contributed by atoms with Crippen LogP contribution in [0.1, 0.15) is 13.8 Å². The fourth-order valence-electron chi connectivity index (χ4n) is 0. The predicted molar refractivity (Wildman–Crippen MR) is 21.6 cm³/mol. The summed E-state index contributed by atoms with van der Waals surface area (Å²) in [5, 5.41) is 0. The zero-order chi connectivity index (χ0) is 4.28. The zero-order valence-electron chi connectivity index (χ0n) is 4.62. The minimum atomic E-state index is 0. The maximum Gasteiger partial charge on any atom is 0 e. The monoisotopic (exact) mass is 340 g/mol. The van der Waals surface area contributed by atoms with Crippen LogP contribution in [-0.2, 0) is 4.74 Å². The van der Waals surface area contributed by atoms with E-state index in [0.29, 0.717) is 0 Å². The molecule has 0 heterocycles. The van der Waals surface area contributed by atoms with Crippen LogP contribution in [0.3, 0.4) is 0 Å². The standard InChI is InChI=1S/C4H9O.Rf/c1-4(2)5-3;/h1-3H3;/q-1;. The van der Waals surface area contributed by atoms with E-state index in [2.05, 4.69) is 4.74 Å². The van der Waals surface area contributed by atoms with E-state index in [1.807, 2.05) is 13.8 Å². The van der Waals surface area contributed by atoms with Crippen molar-refractivity contribution in [1.29, 1.82) is 0 Å². The van der Waals surface area contributed by atoms with Gasteiger partial charge in [0.25, 0.3) is 0 Å². The van der Waals surface area contributed by atoms with Gasteiger partial charge in [-0.05, 0) is 7.11 Å². The molecule has 1 nitrogen and oxygen atoms in total. The second-order valence-corrected chi connectivity index (χ2v) is 1.11. The number of hydrogen-bond acceptors (Lipinski definition) is 1. The Morgan fingerprint density at radius 3 is 1.50 bits per heavy atom. The molecule has 0 aromatic heterocycles. The first-order valence-corrected chi connectivity index (χ1v) is 1.61. The summed E-state index contributed by atoms with van der Waals surface area (Å²) in [5.74, 6) is 0. The van der Waals surface area contributed by atoms with E-state index in [1.165, 1.54) is 0 Å². The Balaban J connectivity index is 0. The van der Waals surface area contributed by atoms with Gasteiger partial charge in [-0.1, -0.05) is 0 Å². The summed E-state index contributed by atoms with van der Waals surface area (Å²) in [6.45, 7) is 3.83. The molecule has 0 unspecified atom stereocenters. The van der Waals surface area contributed by atoms with Crippen LogP contribution in [0.4, 0.5) is 0 Å². The van der Waals surface area contributed by atoms with Crippen LogP contribution in [0.5, 0.6) is 0 Å². The Morgan fingerprint density at radius 1 is 1.33 bits per heavy atom. The molecule has 0 aliphatic heterocycles. The molecule has 0 radical (unpaired) electrons. The fourth-order valence-corrected chi connectivity index (χ4v) is 0. The van der Waals surface area contributed by atoms with Crippen molar-refractivity contribution in [3.05, 3.63) is 6.10 Å². The van der Waals surface area contributed by atoms with Crippen LogP contribution in [-0.4, -0.2) is 7.11 Å². The summed E-state index contributed by atoms with van der Waals surface area (Å²) < 4.78 is 4.67. The summed E-state index contributed by atoms with van der Waals surface area (Å²) >= 11 is 0. The Bertz CT molecular complexity index is 21.5. The summed E-state index contributed by atoms with van der Waals surface area (Å²) in [4.78, 5) is 0. The summed E-state index contributed by atoms with van der Waals surface area (Å²) in [5.41, 5.74) is 0. The molecular formula is C4H9ORf-. The molecule has 34 valence electrons. The van der Waals surface area contributed by atoms with Crippen LogP contribution < -0.4 is 0 Å². The summed E-state index contributed by atoms with van der Waals surface area (Å²) in [6.07, 6.45) is 1.00. The SMILES string of the molecule is CO[C-](C)C.[Rf].